The highest BCUT2D eigenvalue weighted by molar-refractivity contribution is 6.32. The Morgan fingerprint density at radius 3 is 2.17 bits per heavy atom. The molecule has 3 rings (SSSR count). The molecule has 0 radical (unpaired) electrons. The van der Waals surface area contributed by atoms with Gasteiger partial charge in [0.25, 0.3) is 0 Å². The fraction of sp³-hybridized carbons (Fsp3) is 0.235. The van der Waals surface area contributed by atoms with Crippen molar-refractivity contribution in [2.75, 3.05) is 5.32 Å². The van der Waals surface area contributed by atoms with E-state index >= 15 is 0 Å². The lowest BCUT2D eigenvalue weighted by Crippen LogP contribution is -2.28. The summed E-state index contributed by atoms with van der Waals surface area (Å²) < 4.78 is 37.6. The second kappa shape index (κ2) is 5.57. The molecule has 0 spiro atoms. The summed E-state index contributed by atoms with van der Waals surface area (Å²) in [7, 11) is 0. The smallest absolute Gasteiger partial charge is 0.325 e. The molecule has 2 aromatic rings. The molecule has 23 heavy (non-hydrogen) atoms. The van der Waals surface area contributed by atoms with Gasteiger partial charge in [-0.15, -0.1) is 0 Å². The van der Waals surface area contributed by atoms with Crippen molar-refractivity contribution in [1.29, 1.82) is 0 Å². The summed E-state index contributed by atoms with van der Waals surface area (Å²) in [5.41, 5.74) is -0.337. The predicted molar refractivity (Wildman–Crippen MR) is 82.4 cm³/mol. The Kier molecular flexibility index (Phi) is 3.84. The van der Waals surface area contributed by atoms with E-state index in [2.05, 4.69) is 5.32 Å². The summed E-state index contributed by atoms with van der Waals surface area (Å²) in [5.74, 6) is -0.245. The van der Waals surface area contributed by atoms with E-state index in [1.807, 2.05) is 12.1 Å². The fourth-order valence-electron chi connectivity index (χ4n) is 2.59. The zero-order valence-electron chi connectivity index (χ0n) is 12.0. The first-order valence-electron chi connectivity index (χ1n) is 7.07. The number of alkyl halides is 3. The molecular weight excluding hydrogens is 327 g/mol. The highest BCUT2D eigenvalue weighted by Gasteiger charge is 2.52. The highest BCUT2D eigenvalue weighted by Crippen LogP contribution is 2.51. The van der Waals surface area contributed by atoms with Crippen LogP contribution in [0.25, 0.3) is 0 Å². The average Bonchev–Trinajstić information content (AvgIpc) is 3.29. The SMILES string of the molecule is O=C(Nc1ccc(C(F)(F)F)cc1)C1(c2ccccc2Cl)CC1. The zero-order valence-corrected chi connectivity index (χ0v) is 12.7. The van der Waals surface area contributed by atoms with Crippen LogP contribution in [0, 0.1) is 0 Å². The summed E-state index contributed by atoms with van der Waals surface area (Å²) in [5, 5.41) is 3.21. The van der Waals surface area contributed by atoms with Gasteiger partial charge in [0, 0.05) is 10.7 Å². The summed E-state index contributed by atoms with van der Waals surface area (Å²) in [4.78, 5) is 12.5. The summed E-state index contributed by atoms with van der Waals surface area (Å²) in [6.45, 7) is 0. The van der Waals surface area contributed by atoms with Crippen molar-refractivity contribution < 1.29 is 18.0 Å². The summed E-state index contributed by atoms with van der Waals surface area (Å²) >= 11 is 6.16. The third-order valence-electron chi connectivity index (χ3n) is 4.04. The zero-order chi connectivity index (χ0) is 16.7. The van der Waals surface area contributed by atoms with Gasteiger partial charge in [-0.1, -0.05) is 29.8 Å². The number of amides is 1. The van der Waals surface area contributed by atoms with Crippen molar-refractivity contribution in [2.24, 2.45) is 0 Å². The third kappa shape index (κ3) is 3.06. The molecule has 1 fully saturated rings. The Hall–Kier alpha value is -2.01. The summed E-state index contributed by atoms with van der Waals surface area (Å²) in [6, 6.07) is 11.5. The molecule has 0 bridgehead atoms. The van der Waals surface area contributed by atoms with Gasteiger partial charge < -0.3 is 5.32 Å². The Balaban J connectivity index is 1.79. The van der Waals surface area contributed by atoms with Gasteiger partial charge in [-0.3, -0.25) is 4.79 Å². The molecule has 1 aliphatic rings. The number of hydrogen-bond acceptors (Lipinski definition) is 1. The Labute approximate surface area is 136 Å². The van der Waals surface area contributed by atoms with E-state index in [-0.39, 0.29) is 5.91 Å². The van der Waals surface area contributed by atoms with Gasteiger partial charge in [-0.2, -0.15) is 13.2 Å². The van der Waals surface area contributed by atoms with Gasteiger partial charge in [-0.05, 0) is 48.7 Å². The molecule has 0 unspecified atom stereocenters. The fourth-order valence-corrected chi connectivity index (χ4v) is 2.90. The van der Waals surface area contributed by atoms with Gasteiger partial charge in [0.15, 0.2) is 0 Å². The van der Waals surface area contributed by atoms with Crippen LogP contribution in [0.1, 0.15) is 24.0 Å². The number of halogens is 4. The van der Waals surface area contributed by atoms with Crippen molar-refractivity contribution >= 4 is 23.2 Å². The average molecular weight is 340 g/mol. The second-order valence-electron chi connectivity index (χ2n) is 5.59. The number of rotatable bonds is 3. The molecule has 0 aliphatic heterocycles. The van der Waals surface area contributed by atoms with Crippen LogP contribution in [-0.4, -0.2) is 5.91 Å². The molecule has 0 saturated heterocycles. The second-order valence-corrected chi connectivity index (χ2v) is 6.00. The van der Waals surface area contributed by atoms with Crippen LogP contribution in [0.5, 0.6) is 0 Å². The first kappa shape index (κ1) is 15.9. The number of hydrogen-bond donors (Lipinski definition) is 1. The summed E-state index contributed by atoms with van der Waals surface area (Å²) in [6.07, 6.45) is -3.05. The largest absolute Gasteiger partial charge is 0.416 e. The molecule has 1 aliphatic carbocycles. The number of carbonyl (C=O) groups is 1. The van der Waals surface area contributed by atoms with E-state index in [4.69, 9.17) is 11.6 Å². The van der Waals surface area contributed by atoms with E-state index < -0.39 is 17.2 Å². The van der Waals surface area contributed by atoms with Gasteiger partial charge in [0.1, 0.15) is 0 Å². The van der Waals surface area contributed by atoms with Crippen LogP contribution in [0.15, 0.2) is 48.5 Å². The van der Waals surface area contributed by atoms with Gasteiger partial charge in [0.05, 0.1) is 11.0 Å². The van der Waals surface area contributed by atoms with Crippen molar-refractivity contribution in [3.63, 3.8) is 0 Å². The lowest BCUT2D eigenvalue weighted by molar-refractivity contribution is -0.137. The molecule has 1 N–H and O–H groups in total. The number of nitrogens with one attached hydrogen (secondary N) is 1. The lowest BCUT2D eigenvalue weighted by atomic mass is 9.94. The minimum atomic E-state index is -4.39. The van der Waals surface area contributed by atoms with E-state index in [0.29, 0.717) is 23.6 Å². The van der Waals surface area contributed by atoms with E-state index in [0.717, 1.165) is 17.7 Å². The molecule has 0 aromatic heterocycles. The third-order valence-corrected chi connectivity index (χ3v) is 4.37. The molecule has 6 heteroatoms. The minimum Gasteiger partial charge on any atom is -0.325 e. The lowest BCUT2D eigenvalue weighted by Gasteiger charge is -2.17. The van der Waals surface area contributed by atoms with E-state index in [1.165, 1.54) is 12.1 Å². The van der Waals surface area contributed by atoms with Crippen molar-refractivity contribution in [1.82, 2.24) is 0 Å². The molecule has 0 atom stereocenters. The van der Waals surface area contributed by atoms with Crippen LogP contribution in [0.4, 0.5) is 18.9 Å². The molecule has 0 heterocycles. The van der Waals surface area contributed by atoms with Crippen LogP contribution in [0.2, 0.25) is 5.02 Å². The van der Waals surface area contributed by atoms with Crippen LogP contribution >= 0.6 is 11.6 Å². The van der Waals surface area contributed by atoms with Crippen molar-refractivity contribution in [3.05, 3.63) is 64.7 Å². The van der Waals surface area contributed by atoms with Crippen LogP contribution < -0.4 is 5.32 Å². The Morgan fingerprint density at radius 1 is 1.04 bits per heavy atom. The maximum Gasteiger partial charge on any atom is 0.416 e. The van der Waals surface area contributed by atoms with E-state index in [1.54, 1.807) is 12.1 Å². The van der Waals surface area contributed by atoms with Crippen molar-refractivity contribution in [2.45, 2.75) is 24.4 Å². The molecule has 1 amide bonds. The maximum absolute atomic E-state index is 12.5. The molecule has 2 aromatic carbocycles. The highest BCUT2D eigenvalue weighted by atomic mass is 35.5. The maximum atomic E-state index is 12.5. The van der Waals surface area contributed by atoms with Crippen molar-refractivity contribution in [3.8, 4) is 0 Å². The minimum absolute atomic E-state index is 0.245. The topological polar surface area (TPSA) is 29.1 Å². The first-order valence-corrected chi connectivity index (χ1v) is 7.44. The van der Waals surface area contributed by atoms with Gasteiger partial charge in [0.2, 0.25) is 5.91 Å². The van der Waals surface area contributed by atoms with Crippen LogP contribution in [-0.2, 0) is 16.4 Å². The number of benzene rings is 2. The molecule has 120 valence electrons. The Bertz CT molecular complexity index is 736. The number of carbonyl (C=O) groups excluding carboxylic acids is 1. The monoisotopic (exact) mass is 339 g/mol. The predicted octanol–water partition coefficient (Wildman–Crippen LogP) is 5.03. The van der Waals surface area contributed by atoms with Crippen LogP contribution in [0.3, 0.4) is 0 Å². The van der Waals surface area contributed by atoms with Gasteiger partial charge >= 0.3 is 6.18 Å². The quantitative estimate of drug-likeness (QED) is 0.835. The normalized spacial score (nSPS) is 16.0. The first-order chi connectivity index (χ1) is 10.8. The molecule has 1 saturated carbocycles. The molecule has 2 nitrogen and oxygen atoms in total. The molecular formula is C17H13ClF3NO. The van der Waals surface area contributed by atoms with E-state index in [9.17, 15) is 18.0 Å². The number of anilines is 1. The Morgan fingerprint density at radius 2 is 1.65 bits per heavy atom. The van der Waals surface area contributed by atoms with Gasteiger partial charge in [-0.25, -0.2) is 0 Å². The standard InChI is InChI=1S/C17H13ClF3NO/c18-14-4-2-1-3-13(14)16(9-10-16)15(23)22-12-7-5-11(6-8-12)17(19,20)21/h1-8H,9-10H2,(H,22,23).